The van der Waals surface area contributed by atoms with Crippen molar-refractivity contribution in [3.8, 4) is 11.6 Å². The molecule has 0 radical (unpaired) electrons. The Morgan fingerprint density at radius 3 is 2.66 bits per heavy atom. The molecule has 0 saturated heterocycles. The van der Waals surface area contributed by atoms with E-state index >= 15 is 0 Å². The molecule has 1 aromatic carbocycles. The first-order chi connectivity index (χ1) is 15.4. The smallest absolute Gasteiger partial charge is 0.264 e. The number of carbonyl (C=O) groups is 1. The standard InChI is InChI=1S/C22H20N6O4/c1-11-20-14(15-8-12-4-5-13(32-3)9-16(12)27(2)22(15)31)10-19(30)23-21(20)28(26-11)17-6-7-18(29)25-24-17/h4-9,14H,10H2,1-3H3,(H,23,30)(H,25,29). The maximum atomic E-state index is 13.3. The lowest BCUT2D eigenvalue weighted by atomic mass is 9.86. The molecule has 0 fully saturated rings. The summed E-state index contributed by atoms with van der Waals surface area (Å²) in [5, 5.41) is 14.6. The van der Waals surface area contributed by atoms with Crippen LogP contribution < -0.4 is 21.2 Å². The van der Waals surface area contributed by atoms with E-state index < -0.39 is 5.92 Å². The summed E-state index contributed by atoms with van der Waals surface area (Å²) in [7, 11) is 3.28. The van der Waals surface area contributed by atoms with Gasteiger partial charge in [0.15, 0.2) is 5.82 Å². The molecule has 1 aliphatic heterocycles. The molecule has 0 aliphatic carbocycles. The highest BCUT2D eigenvalue weighted by atomic mass is 16.5. The van der Waals surface area contributed by atoms with Crippen molar-refractivity contribution in [1.29, 1.82) is 0 Å². The van der Waals surface area contributed by atoms with Crippen molar-refractivity contribution in [3.05, 3.63) is 73.9 Å². The van der Waals surface area contributed by atoms with Crippen molar-refractivity contribution in [2.45, 2.75) is 19.3 Å². The first kappa shape index (κ1) is 19.7. The largest absolute Gasteiger partial charge is 0.497 e. The zero-order valence-corrected chi connectivity index (χ0v) is 17.7. The van der Waals surface area contributed by atoms with E-state index in [9.17, 15) is 14.4 Å². The van der Waals surface area contributed by atoms with Crippen LogP contribution in [0.3, 0.4) is 0 Å². The van der Waals surface area contributed by atoms with Crippen LogP contribution >= 0.6 is 0 Å². The second kappa shape index (κ2) is 7.19. The zero-order valence-electron chi connectivity index (χ0n) is 17.7. The molecule has 32 heavy (non-hydrogen) atoms. The lowest BCUT2D eigenvalue weighted by molar-refractivity contribution is -0.116. The predicted molar refractivity (Wildman–Crippen MR) is 118 cm³/mol. The Hall–Kier alpha value is -4.21. The van der Waals surface area contributed by atoms with Crippen molar-refractivity contribution in [3.63, 3.8) is 0 Å². The van der Waals surface area contributed by atoms with Crippen molar-refractivity contribution in [2.24, 2.45) is 7.05 Å². The zero-order chi connectivity index (χ0) is 22.6. The first-order valence-electron chi connectivity index (χ1n) is 10.0. The quantitative estimate of drug-likeness (QED) is 0.507. The molecular formula is C22H20N6O4. The normalized spacial score (nSPS) is 15.5. The van der Waals surface area contributed by atoms with Gasteiger partial charge >= 0.3 is 0 Å². The average molecular weight is 432 g/mol. The average Bonchev–Trinajstić information content (AvgIpc) is 3.12. The molecule has 10 nitrogen and oxygen atoms in total. The fourth-order valence-corrected chi connectivity index (χ4v) is 4.28. The molecule has 0 spiro atoms. The van der Waals surface area contributed by atoms with Crippen molar-refractivity contribution < 1.29 is 9.53 Å². The molecule has 4 aromatic rings. The third-order valence-electron chi connectivity index (χ3n) is 5.82. The van der Waals surface area contributed by atoms with Crippen molar-refractivity contribution in [2.75, 3.05) is 12.4 Å². The van der Waals surface area contributed by atoms with Gasteiger partial charge < -0.3 is 14.6 Å². The van der Waals surface area contributed by atoms with E-state index in [0.717, 1.165) is 16.5 Å². The number of aromatic nitrogens is 5. The van der Waals surface area contributed by atoms with Gasteiger partial charge in [-0.25, -0.2) is 5.10 Å². The Morgan fingerprint density at radius 2 is 1.94 bits per heavy atom. The molecule has 1 unspecified atom stereocenters. The third kappa shape index (κ3) is 2.99. The van der Waals surface area contributed by atoms with Crippen LogP contribution in [0.4, 0.5) is 5.82 Å². The first-order valence-corrected chi connectivity index (χ1v) is 10.0. The Morgan fingerprint density at radius 1 is 1.12 bits per heavy atom. The highest BCUT2D eigenvalue weighted by Crippen LogP contribution is 2.39. The predicted octanol–water partition coefficient (Wildman–Crippen LogP) is 1.60. The fourth-order valence-electron chi connectivity index (χ4n) is 4.28. The maximum absolute atomic E-state index is 13.3. The monoisotopic (exact) mass is 432 g/mol. The number of H-pyrrole nitrogens is 1. The van der Waals surface area contributed by atoms with Crippen LogP contribution in [0.1, 0.15) is 29.2 Å². The van der Waals surface area contributed by atoms with E-state index in [0.29, 0.717) is 28.6 Å². The summed E-state index contributed by atoms with van der Waals surface area (Å²) in [5.74, 6) is 0.754. The molecule has 5 rings (SSSR count). The lowest BCUT2D eigenvalue weighted by Gasteiger charge is -2.24. The number of amides is 1. The number of methoxy groups -OCH3 is 1. The van der Waals surface area contributed by atoms with Gasteiger partial charge in [0, 0.05) is 42.6 Å². The minimum Gasteiger partial charge on any atom is -0.497 e. The van der Waals surface area contributed by atoms with Gasteiger partial charge in [-0.3, -0.25) is 14.4 Å². The second-order valence-electron chi connectivity index (χ2n) is 7.73. The topological polar surface area (TPSA) is 124 Å². The summed E-state index contributed by atoms with van der Waals surface area (Å²) in [5.41, 5.74) is 2.13. The summed E-state index contributed by atoms with van der Waals surface area (Å²) in [6.45, 7) is 1.82. The summed E-state index contributed by atoms with van der Waals surface area (Å²) in [6.07, 6.45) is 0.121. The van der Waals surface area contributed by atoms with Crippen molar-refractivity contribution in [1.82, 2.24) is 24.5 Å². The Labute approximate surface area is 181 Å². The van der Waals surface area contributed by atoms with Crippen LogP contribution in [-0.2, 0) is 11.8 Å². The van der Waals surface area contributed by atoms with E-state index in [1.165, 1.54) is 16.8 Å². The van der Waals surface area contributed by atoms with E-state index in [1.807, 2.05) is 31.2 Å². The molecule has 3 aromatic heterocycles. The molecular weight excluding hydrogens is 412 g/mol. The molecule has 0 bridgehead atoms. The van der Waals surface area contributed by atoms with Gasteiger partial charge in [0.25, 0.3) is 11.1 Å². The lowest BCUT2D eigenvalue weighted by Crippen LogP contribution is -2.30. The number of pyridine rings is 1. The van der Waals surface area contributed by atoms with Gasteiger partial charge in [-0.2, -0.15) is 14.9 Å². The van der Waals surface area contributed by atoms with Gasteiger partial charge in [0.1, 0.15) is 11.6 Å². The number of aromatic amines is 1. The molecule has 10 heteroatoms. The van der Waals surface area contributed by atoms with E-state index in [4.69, 9.17) is 4.74 Å². The number of hydrogen-bond donors (Lipinski definition) is 2. The fraction of sp³-hybridized carbons (Fsp3) is 0.227. The molecule has 1 aliphatic rings. The number of anilines is 1. The number of benzene rings is 1. The molecule has 1 atom stereocenters. The number of carbonyl (C=O) groups excluding carboxylic acids is 1. The summed E-state index contributed by atoms with van der Waals surface area (Å²) >= 11 is 0. The van der Waals surface area contributed by atoms with Crippen LogP contribution in [0, 0.1) is 6.92 Å². The number of rotatable bonds is 3. The van der Waals surface area contributed by atoms with Crippen LogP contribution in [-0.4, -0.2) is 37.6 Å². The third-order valence-corrected chi connectivity index (χ3v) is 5.82. The Bertz CT molecular complexity index is 1490. The van der Waals surface area contributed by atoms with E-state index in [2.05, 4.69) is 20.6 Å². The number of nitrogens with zero attached hydrogens (tertiary/aromatic N) is 4. The molecule has 162 valence electrons. The van der Waals surface area contributed by atoms with Crippen LogP contribution in [0.5, 0.6) is 5.75 Å². The molecule has 4 heterocycles. The Kier molecular flexibility index (Phi) is 4.43. The number of nitrogens with one attached hydrogen (secondary N) is 2. The number of hydrogen-bond acceptors (Lipinski definition) is 6. The molecule has 1 amide bonds. The minimum atomic E-state index is -0.472. The van der Waals surface area contributed by atoms with Gasteiger partial charge in [-0.1, -0.05) is 0 Å². The van der Waals surface area contributed by atoms with Crippen molar-refractivity contribution >= 4 is 22.6 Å². The van der Waals surface area contributed by atoms with Gasteiger partial charge in [0.05, 0.1) is 18.3 Å². The van der Waals surface area contributed by atoms with Gasteiger partial charge in [-0.05, 0) is 36.6 Å². The van der Waals surface area contributed by atoms with Crippen LogP contribution in [0.15, 0.2) is 46.0 Å². The molecule has 2 N–H and O–H groups in total. The van der Waals surface area contributed by atoms with E-state index in [-0.39, 0.29) is 23.4 Å². The summed E-state index contributed by atoms with van der Waals surface area (Å²) in [4.78, 5) is 37.4. The second-order valence-corrected chi connectivity index (χ2v) is 7.73. The minimum absolute atomic E-state index is 0.121. The highest BCUT2D eigenvalue weighted by Gasteiger charge is 2.34. The summed E-state index contributed by atoms with van der Waals surface area (Å²) < 4.78 is 8.33. The van der Waals surface area contributed by atoms with E-state index in [1.54, 1.807) is 18.7 Å². The highest BCUT2D eigenvalue weighted by molar-refractivity contribution is 5.95. The maximum Gasteiger partial charge on any atom is 0.264 e. The van der Waals surface area contributed by atoms with Crippen LogP contribution in [0.2, 0.25) is 0 Å². The van der Waals surface area contributed by atoms with Gasteiger partial charge in [0.2, 0.25) is 5.91 Å². The van der Waals surface area contributed by atoms with Crippen LogP contribution in [0.25, 0.3) is 16.7 Å². The number of fused-ring (bicyclic) bond motifs is 2. The van der Waals surface area contributed by atoms with Gasteiger partial charge in [-0.15, -0.1) is 0 Å². The summed E-state index contributed by atoms with van der Waals surface area (Å²) in [6, 6.07) is 10.2. The Balaban J connectivity index is 1.72. The number of aryl methyl sites for hydroxylation is 2. The number of ether oxygens (including phenoxy) is 1. The molecule has 0 saturated carbocycles. The SMILES string of the molecule is COc1ccc2cc(C3CC(=O)Nc4c3c(C)nn4-c3ccc(=O)[nH]n3)c(=O)n(C)c2c1.